The molecule has 0 aromatic rings. The summed E-state index contributed by atoms with van der Waals surface area (Å²) in [4.78, 5) is 0. The Kier molecular flexibility index (Phi) is 9.26. The highest BCUT2D eigenvalue weighted by Crippen LogP contribution is 2.68. The minimum Gasteiger partial charge on any atom is -0.510 e. The van der Waals surface area contributed by atoms with Crippen LogP contribution in [0.3, 0.4) is 0 Å². The maximum atomic E-state index is 11.7. The van der Waals surface area contributed by atoms with Crippen molar-refractivity contribution in [2.45, 2.75) is 142 Å². The highest BCUT2D eigenvalue weighted by molar-refractivity contribution is 5.31. The smallest absolute Gasteiger partial charge is 0.186 e. The van der Waals surface area contributed by atoms with Gasteiger partial charge in [0.15, 0.2) is 6.29 Å². The molecule has 1 saturated heterocycles. The summed E-state index contributed by atoms with van der Waals surface area (Å²) in [6.45, 7) is 11.3. The average molecular weight is 581 g/mol. The van der Waals surface area contributed by atoms with Gasteiger partial charge in [0, 0.05) is 0 Å². The molecule has 1 aliphatic heterocycles. The molecule has 0 radical (unpaired) electrons. The quantitative estimate of drug-likeness (QED) is 0.253. The second-order valence-electron chi connectivity index (χ2n) is 15.2. The van der Waals surface area contributed by atoms with Crippen molar-refractivity contribution in [1.82, 2.24) is 0 Å². The highest BCUT2D eigenvalue weighted by atomic mass is 16.7. The van der Waals surface area contributed by atoms with Crippen LogP contribution >= 0.6 is 0 Å². The van der Waals surface area contributed by atoms with Crippen molar-refractivity contribution in [1.29, 1.82) is 0 Å². The van der Waals surface area contributed by atoms with E-state index in [1.165, 1.54) is 32.1 Å². The Labute approximate surface area is 246 Å². The molecule has 6 N–H and O–H groups in total. The van der Waals surface area contributed by atoms with Crippen LogP contribution in [-0.4, -0.2) is 80.2 Å². The van der Waals surface area contributed by atoms with E-state index in [1.54, 1.807) is 0 Å². The fourth-order valence-electron chi connectivity index (χ4n) is 10.2. The average Bonchev–Trinajstić information content (AvgIpc) is 3.29. The Hall–Kier alpha value is -0.740. The van der Waals surface area contributed by atoms with Crippen molar-refractivity contribution in [2.24, 2.45) is 46.3 Å². The Morgan fingerprint density at radius 2 is 1.63 bits per heavy atom. The fraction of sp³-hybridized carbons (Fsp3) is 0.939. The van der Waals surface area contributed by atoms with Gasteiger partial charge in [0.25, 0.3) is 0 Å². The summed E-state index contributed by atoms with van der Waals surface area (Å²) in [5.74, 6) is 2.93. The van der Waals surface area contributed by atoms with E-state index in [0.717, 1.165) is 30.8 Å². The van der Waals surface area contributed by atoms with Crippen molar-refractivity contribution in [3.63, 3.8) is 0 Å². The zero-order chi connectivity index (χ0) is 29.9. The van der Waals surface area contributed by atoms with Gasteiger partial charge in [-0.15, -0.1) is 0 Å². The Bertz CT molecular complexity index is 952. The van der Waals surface area contributed by atoms with Gasteiger partial charge >= 0.3 is 0 Å². The zero-order valence-electron chi connectivity index (χ0n) is 25.8. The van der Waals surface area contributed by atoms with Crippen LogP contribution in [0.4, 0.5) is 0 Å². The first kappa shape index (κ1) is 31.7. The van der Waals surface area contributed by atoms with E-state index in [0.29, 0.717) is 36.5 Å². The van der Waals surface area contributed by atoms with E-state index in [4.69, 9.17) is 9.47 Å². The molecule has 4 aliphatic carbocycles. The van der Waals surface area contributed by atoms with Gasteiger partial charge < -0.3 is 40.1 Å². The molecule has 5 unspecified atom stereocenters. The number of ether oxygens (including phenoxy) is 2. The van der Waals surface area contributed by atoms with Gasteiger partial charge in [-0.25, -0.2) is 0 Å². The number of aliphatic hydroxyl groups is 6. The number of rotatable bonds is 8. The molecule has 14 atom stereocenters. The lowest BCUT2D eigenvalue weighted by Gasteiger charge is -2.60. The largest absolute Gasteiger partial charge is 0.510 e. The molecule has 236 valence electrons. The SMILES string of the molecule is CC(C)CCC[C@@H](C)[C@H]1CCC2C3C(O)C(O)=C4CC(O[C@H]5O[C@H](CO)[C@H](O)[C@@H](O)[C@H]5O)CC[C@]4(C)C3CC[C@@]21C. The van der Waals surface area contributed by atoms with Crippen molar-refractivity contribution < 1.29 is 40.1 Å². The third-order valence-electron chi connectivity index (χ3n) is 12.6. The number of fused-ring (bicyclic) bond motifs is 5. The minimum absolute atomic E-state index is 0.0540. The Morgan fingerprint density at radius 1 is 0.902 bits per heavy atom. The van der Waals surface area contributed by atoms with Gasteiger partial charge in [0.2, 0.25) is 0 Å². The molecule has 0 aromatic carbocycles. The van der Waals surface area contributed by atoms with Crippen LogP contribution in [0, 0.1) is 46.3 Å². The summed E-state index contributed by atoms with van der Waals surface area (Å²) in [6, 6.07) is 0. The van der Waals surface area contributed by atoms with Crippen LogP contribution < -0.4 is 0 Å². The number of hydrogen-bond donors (Lipinski definition) is 6. The van der Waals surface area contributed by atoms with E-state index < -0.39 is 43.4 Å². The summed E-state index contributed by atoms with van der Waals surface area (Å²) in [7, 11) is 0. The van der Waals surface area contributed by atoms with Crippen LogP contribution in [0.25, 0.3) is 0 Å². The van der Waals surface area contributed by atoms with Crippen LogP contribution in [-0.2, 0) is 9.47 Å². The fourth-order valence-corrected chi connectivity index (χ4v) is 10.2. The summed E-state index contributed by atoms with van der Waals surface area (Å²) >= 11 is 0. The number of hydrogen-bond acceptors (Lipinski definition) is 8. The standard InChI is InChI=1S/C33H56O8/c1-17(2)7-6-8-18(3)20-9-10-21-25-22(12-14-32(20,21)4)33(5)13-11-19(15-23(33)26(35)28(25)37)40-31-30(39)29(38)27(36)24(16-34)41-31/h17-22,24-25,27-31,34-39H,6-16H2,1-5H3/t18-,19?,20-,21?,22?,24-,25?,27+,28?,29-,30-,31+,32-,33-/m1/s1. The molecule has 0 aromatic heterocycles. The molecule has 5 rings (SSSR count). The van der Waals surface area contributed by atoms with E-state index >= 15 is 0 Å². The van der Waals surface area contributed by atoms with Gasteiger partial charge in [-0.05, 0) is 96.9 Å². The van der Waals surface area contributed by atoms with Crippen molar-refractivity contribution in [2.75, 3.05) is 6.61 Å². The van der Waals surface area contributed by atoms with E-state index in [9.17, 15) is 30.6 Å². The maximum Gasteiger partial charge on any atom is 0.186 e. The third kappa shape index (κ3) is 5.42. The molecule has 1 heterocycles. The summed E-state index contributed by atoms with van der Waals surface area (Å²) in [5, 5.41) is 63.6. The molecule has 3 saturated carbocycles. The molecule has 0 bridgehead atoms. The second kappa shape index (κ2) is 12.0. The zero-order valence-corrected chi connectivity index (χ0v) is 25.8. The first-order valence-electron chi connectivity index (χ1n) is 16.4. The molecule has 0 spiro atoms. The topological polar surface area (TPSA) is 140 Å². The van der Waals surface area contributed by atoms with Crippen LogP contribution in [0.5, 0.6) is 0 Å². The summed E-state index contributed by atoms with van der Waals surface area (Å²) in [6.07, 6.45) is 2.40. The highest BCUT2D eigenvalue weighted by Gasteiger charge is 2.63. The molecule has 5 aliphatic rings. The Morgan fingerprint density at radius 3 is 2.32 bits per heavy atom. The maximum absolute atomic E-state index is 11.7. The van der Waals surface area contributed by atoms with Gasteiger partial charge in [-0.2, -0.15) is 0 Å². The third-order valence-corrected chi connectivity index (χ3v) is 12.6. The van der Waals surface area contributed by atoms with Gasteiger partial charge in [-0.3, -0.25) is 0 Å². The molecule has 4 fully saturated rings. The van der Waals surface area contributed by atoms with Crippen LogP contribution in [0.2, 0.25) is 0 Å². The lowest BCUT2D eigenvalue weighted by molar-refractivity contribution is -0.313. The van der Waals surface area contributed by atoms with Crippen molar-refractivity contribution in [3.8, 4) is 0 Å². The minimum atomic E-state index is -1.49. The second-order valence-corrected chi connectivity index (χ2v) is 15.2. The van der Waals surface area contributed by atoms with E-state index in [-0.39, 0.29) is 28.6 Å². The molecule has 8 heteroatoms. The van der Waals surface area contributed by atoms with Gasteiger partial charge in [0.05, 0.1) is 12.7 Å². The van der Waals surface area contributed by atoms with Crippen LogP contribution in [0.15, 0.2) is 11.3 Å². The van der Waals surface area contributed by atoms with Crippen LogP contribution in [0.1, 0.15) is 98.8 Å². The van der Waals surface area contributed by atoms with E-state index in [2.05, 4.69) is 34.6 Å². The normalized spacial score (nSPS) is 49.0. The predicted octanol–water partition coefficient (Wildman–Crippen LogP) is 4.07. The monoisotopic (exact) mass is 580 g/mol. The number of aliphatic hydroxyl groups excluding tert-OH is 6. The Balaban J connectivity index is 1.31. The molecular weight excluding hydrogens is 524 g/mol. The first-order valence-corrected chi connectivity index (χ1v) is 16.4. The van der Waals surface area contributed by atoms with Crippen molar-refractivity contribution >= 4 is 0 Å². The molecule has 0 amide bonds. The summed E-state index contributed by atoms with van der Waals surface area (Å²) < 4.78 is 11.7. The molecular formula is C33H56O8. The molecule has 41 heavy (non-hydrogen) atoms. The summed E-state index contributed by atoms with van der Waals surface area (Å²) in [5.41, 5.74) is 0.815. The van der Waals surface area contributed by atoms with Crippen molar-refractivity contribution in [3.05, 3.63) is 11.3 Å². The van der Waals surface area contributed by atoms with Gasteiger partial charge in [0.1, 0.15) is 36.3 Å². The van der Waals surface area contributed by atoms with Gasteiger partial charge in [-0.1, -0.05) is 53.9 Å². The lowest BCUT2D eigenvalue weighted by atomic mass is 9.46. The lowest BCUT2D eigenvalue weighted by Crippen LogP contribution is -2.60. The molecule has 8 nitrogen and oxygen atoms in total. The van der Waals surface area contributed by atoms with E-state index in [1.807, 2.05) is 0 Å². The predicted molar refractivity (Wildman–Crippen MR) is 155 cm³/mol. The first-order chi connectivity index (χ1) is 19.3.